The van der Waals surface area contributed by atoms with E-state index in [9.17, 15) is 29.4 Å². The predicted octanol–water partition coefficient (Wildman–Crippen LogP) is 4.14. The molecule has 0 aliphatic carbocycles. The zero-order chi connectivity index (χ0) is 45.7. The highest BCUT2D eigenvalue weighted by molar-refractivity contribution is 5.83. The van der Waals surface area contributed by atoms with Gasteiger partial charge in [-0.1, -0.05) is 33.8 Å². The topological polar surface area (TPSA) is 195 Å². The van der Waals surface area contributed by atoms with Crippen molar-refractivity contribution < 1.29 is 72.0 Å². The number of hydrogen-bond acceptors (Lipinski definition) is 16. The zero-order valence-corrected chi connectivity index (χ0v) is 38.6. The van der Waals surface area contributed by atoms with Crippen molar-refractivity contribution in [2.45, 2.75) is 193 Å². The fourth-order valence-corrected chi connectivity index (χ4v) is 9.47. The van der Waals surface area contributed by atoms with E-state index >= 15 is 0 Å². The van der Waals surface area contributed by atoms with Gasteiger partial charge >= 0.3 is 17.9 Å². The van der Waals surface area contributed by atoms with Gasteiger partial charge in [0.1, 0.15) is 23.1 Å². The number of methoxy groups -OCH3 is 1. The molecule has 3 rings (SSSR count). The standard InChI is InChI=1S/C44H75NO15/c1-17-19-53-43(12)21-23(3)34(48)25(5)37(49)44(13,51)32(18-2)58-40(50)27(7)35(59-33-22-42(11,52-16)39(28(8)55-33)57-30(10)47)26(6)38(43)60-41-36(56-29(9)46)31(45(14)15)20-24(4)54-41/h17,23-28,31-33,35-39,41,49,51H,1,18-22H2,2-16H3/t23-,24-,25+,26+,27-,28+,31+,32-,33+,35+,36-,37-,38-,39+,41+,42-,43-,44-/m1/s1. The number of hydrogen-bond donors (Lipinski definition) is 2. The van der Waals surface area contributed by atoms with Gasteiger partial charge in [-0.25, -0.2) is 0 Å². The average Bonchev–Trinajstić information content (AvgIpc) is 3.16. The van der Waals surface area contributed by atoms with Crippen LogP contribution in [0.2, 0.25) is 0 Å². The first kappa shape index (κ1) is 51.8. The summed E-state index contributed by atoms with van der Waals surface area (Å²) in [7, 11) is 5.26. The molecule has 0 spiro atoms. The molecule has 0 saturated carbocycles. The van der Waals surface area contributed by atoms with Crippen LogP contribution in [0.1, 0.15) is 109 Å². The molecule has 16 heteroatoms. The maximum atomic E-state index is 14.5. The highest BCUT2D eigenvalue weighted by atomic mass is 16.7. The van der Waals surface area contributed by atoms with Crippen molar-refractivity contribution in [3.63, 3.8) is 0 Å². The summed E-state index contributed by atoms with van der Waals surface area (Å²) in [4.78, 5) is 55.5. The Morgan fingerprint density at radius 3 is 2.05 bits per heavy atom. The Labute approximate surface area is 357 Å². The first-order chi connectivity index (χ1) is 27.8. The molecule has 0 aromatic rings. The molecule has 3 fully saturated rings. The van der Waals surface area contributed by atoms with Gasteiger partial charge in [0.05, 0.1) is 54.7 Å². The molecule has 16 nitrogen and oxygen atoms in total. The number of aliphatic hydroxyl groups excluding tert-OH is 1. The van der Waals surface area contributed by atoms with Gasteiger partial charge in [-0.2, -0.15) is 0 Å². The zero-order valence-electron chi connectivity index (χ0n) is 38.6. The molecule has 0 bridgehead atoms. The summed E-state index contributed by atoms with van der Waals surface area (Å²) >= 11 is 0. The number of aliphatic hydroxyl groups is 2. The normalized spacial score (nSPS) is 43.7. The number of nitrogens with zero attached hydrogens (tertiary/aromatic N) is 1. The summed E-state index contributed by atoms with van der Waals surface area (Å²) in [5.41, 5.74) is -4.46. The molecule has 2 N–H and O–H groups in total. The lowest BCUT2D eigenvalue weighted by atomic mass is 9.73. The summed E-state index contributed by atoms with van der Waals surface area (Å²) in [6, 6.07) is -0.312. The Bertz CT molecular complexity index is 1470. The largest absolute Gasteiger partial charge is 0.459 e. The number of likely N-dealkylation sites (N-methyl/N-ethyl adjacent to an activating group) is 1. The van der Waals surface area contributed by atoms with Crippen LogP contribution in [0.3, 0.4) is 0 Å². The molecule has 0 aromatic heterocycles. The first-order valence-electron chi connectivity index (χ1n) is 21.4. The van der Waals surface area contributed by atoms with Crippen molar-refractivity contribution in [2.75, 3.05) is 27.8 Å². The van der Waals surface area contributed by atoms with Crippen molar-refractivity contribution in [1.82, 2.24) is 4.90 Å². The van der Waals surface area contributed by atoms with Crippen LogP contribution in [0.4, 0.5) is 0 Å². The lowest BCUT2D eigenvalue weighted by molar-refractivity contribution is -0.321. The summed E-state index contributed by atoms with van der Waals surface area (Å²) in [5, 5.41) is 23.4. The van der Waals surface area contributed by atoms with Gasteiger partial charge in [-0.15, -0.1) is 6.58 Å². The van der Waals surface area contributed by atoms with E-state index in [1.54, 1.807) is 47.6 Å². The predicted molar refractivity (Wildman–Crippen MR) is 219 cm³/mol. The quantitative estimate of drug-likeness (QED) is 0.161. The number of rotatable bonds is 12. The molecule has 0 aromatic carbocycles. The van der Waals surface area contributed by atoms with Gasteiger partial charge in [0.15, 0.2) is 24.8 Å². The van der Waals surface area contributed by atoms with Crippen LogP contribution in [0.15, 0.2) is 12.7 Å². The average molecular weight is 858 g/mol. The molecule has 18 atom stereocenters. The van der Waals surface area contributed by atoms with Crippen LogP contribution >= 0.6 is 0 Å². The minimum atomic E-state index is -2.02. The van der Waals surface area contributed by atoms with Crippen LogP contribution in [0, 0.1) is 23.7 Å². The molecular formula is C44H75NO15. The van der Waals surface area contributed by atoms with E-state index in [2.05, 4.69) is 6.58 Å². The third-order valence-electron chi connectivity index (χ3n) is 12.9. The second-order valence-corrected chi connectivity index (χ2v) is 18.2. The number of carbonyl (C=O) groups is 4. The van der Waals surface area contributed by atoms with Crippen molar-refractivity contribution in [3.05, 3.63) is 12.7 Å². The smallest absolute Gasteiger partial charge is 0.311 e. The van der Waals surface area contributed by atoms with E-state index in [0.717, 1.165) is 0 Å². The van der Waals surface area contributed by atoms with Crippen molar-refractivity contribution in [3.8, 4) is 0 Å². The SMILES string of the molecule is C=CCO[C@]1(C)C[C@@H](C)C(=O)[C@H](C)[C@@H](O)[C@](C)(O)[C@@H](CC)OC(=O)[C@H](C)[C@@H](O[C@H]2C[C@@](C)(OC)[C@@H](OC(C)=O)[C@H](C)O2)[C@H](C)[C@H]1O[C@@H]1O[C@H](C)C[C@H](N(C)C)[C@H]1OC(C)=O. The minimum Gasteiger partial charge on any atom is -0.459 e. The summed E-state index contributed by atoms with van der Waals surface area (Å²) in [5.74, 6) is -5.91. The fourth-order valence-electron chi connectivity index (χ4n) is 9.47. The molecule has 3 aliphatic heterocycles. The van der Waals surface area contributed by atoms with E-state index in [4.69, 9.17) is 42.6 Å². The molecule has 3 heterocycles. The van der Waals surface area contributed by atoms with E-state index in [1.165, 1.54) is 34.8 Å². The van der Waals surface area contributed by atoms with Gasteiger partial charge in [0.2, 0.25) is 0 Å². The number of Topliss-reactive ketones (excluding diaryl/α,β-unsaturated/α-hetero) is 1. The van der Waals surface area contributed by atoms with Gasteiger partial charge in [-0.05, 0) is 74.9 Å². The number of ketones is 1. The second kappa shape index (κ2) is 21.2. The van der Waals surface area contributed by atoms with Gasteiger partial charge in [-0.3, -0.25) is 19.2 Å². The third-order valence-corrected chi connectivity index (χ3v) is 12.9. The van der Waals surface area contributed by atoms with Crippen LogP contribution < -0.4 is 0 Å². The highest BCUT2D eigenvalue weighted by Gasteiger charge is 2.55. The maximum absolute atomic E-state index is 14.5. The maximum Gasteiger partial charge on any atom is 0.311 e. The van der Waals surface area contributed by atoms with Gasteiger partial charge in [0, 0.05) is 45.1 Å². The van der Waals surface area contributed by atoms with E-state index in [-0.39, 0.29) is 43.8 Å². The summed E-state index contributed by atoms with van der Waals surface area (Å²) < 4.78 is 57.0. The molecule has 346 valence electrons. The van der Waals surface area contributed by atoms with Crippen LogP contribution in [0.25, 0.3) is 0 Å². The Balaban J connectivity index is 2.33. The van der Waals surface area contributed by atoms with Crippen LogP contribution in [-0.4, -0.2) is 151 Å². The molecule has 3 saturated heterocycles. The van der Waals surface area contributed by atoms with Crippen LogP contribution in [-0.2, 0) is 61.8 Å². The molecular weight excluding hydrogens is 782 g/mol. The van der Waals surface area contributed by atoms with E-state index in [1.807, 2.05) is 32.8 Å². The third kappa shape index (κ3) is 11.9. The number of ether oxygens (including phenoxy) is 9. The molecule has 60 heavy (non-hydrogen) atoms. The summed E-state index contributed by atoms with van der Waals surface area (Å²) in [6.07, 6.45) is -7.55. The summed E-state index contributed by atoms with van der Waals surface area (Å²) in [6.45, 7) is 23.5. The number of cyclic esters (lactones) is 1. The molecule has 0 unspecified atom stereocenters. The van der Waals surface area contributed by atoms with Crippen molar-refractivity contribution >= 4 is 23.7 Å². The Morgan fingerprint density at radius 2 is 1.52 bits per heavy atom. The number of carbonyl (C=O) groups excluding carboxylic acids is 4. The van der Waals surface area contributed by atoms with Gasteiger partial charge in [0.25, 0.3) is 0 Å². The second-order valence-electron chi connectivity index (χ2n) is 18.2. The molecule has 0 amide bonds. The minimum absolute atomic E-state index is 0.0286. The van der Waals surface area contributed by atoms with E-state index in [0.29, 0.717) is 6.42 Å². The van der Waals surface area contributed by atoms with Crippen molar-refractivity contribution in [1.29, 1.82) is 0 Å². The lowest BCUT2D eigenvalue weighted by Crippen LogP contribution is -2.62. The Kier molecular flexibility index (Phi) is 18.3. The van der Waals surface area contributed by atoms with Crippen molar-refractivity contribution in [2.24, 2.45) is 23.7 Å². The Morgan fingerprint density at radius 1 is 0.900 bits per heavy atom. The monoisotopic (exact) mass is 858 g/mol. The molecule has 3 aliphatic rings. The first-order valence-corrected chi connectivity index (χ1v) is 21.4. The fraction of sp³-hybridized carbons (Fsp3) is 0.864. The van der Waals surface area contributed by atoms with Gasteiger partial charge < -0.3 is 57.7 Å². The highest BCUT2D eigenvalue weighted by Crippen LogP contribution is 2.43. The lowest BCUT2D eigenvalue weighted by Gasteiger charge is -2.50. The van der Waals surface area contributed by atoms with Crippen LogP contribution in [0.5, 0.6) is 0 Å². The molecule has 0 radical (unpaired) electrons. The Hall–Kier alpha value is -2.54. The number of esters is 3. The van der Waals surface area contributed by atoms with E-state index < -0.39 is 114 Å².